The predicted octanol–water partition coefficient (Wildman–Crippen LogP) is 4.25. The number of imidazole rings is 1. The lowest BCUT2D eigenvalue weighted by Crippen LogP contribution is -2.10. The number of nitrogens with two attached hydrogens (primary N) is 1. The zero-order valence-electron chi connectivity index (χ0n) is 16.5. The van der Waals surface area contributed by atoms with Gasteiger partial charge in [0.1, 0.15) is 5.75 Å². The van der Waals surface area contributed by atoms with Gasteiger partial charge in [0.25, 0.3) is 0 Å². The largest absolute Gasteiger partial charge is 0.497 e. The van der Waals surface area contributed by atoms with Crippen LogP contribution in [0.3, 0.4) is 0 Å². The van der Waals surface area contributed by atoms with E-state index in [0.29, 0.717) is 40.5 Å². The fourth-order valence-electron chi connectivity index (χ4n) is 3.30. The normalized spacial score (nSPS) is 12.5. The van der Waals surface area contributed by atoms with Crippen LogP contribution < -0.4 is 19.9 Å². The summed E-state index contributed by atoms with van der Waals surface area (Å²) in [7, 11) is 1.67. The van der Waals surface area contributed by atoms with Gasteiger partial charge in [-0.15, -0.1) is 0 Å². The summed E-state index contributed by atoms with van der Waals surface area (Å²) in [6, 6.07) is 11.8. The van der Waals surface area contributed by atoms with Crippen molar-refractivity contribution in [2.75, 3.05) is 19.6 Å². The van der Waals surface area contributed by atoms with Crippen LogP contribution in [0.5, 0.6) is 17.2 Å². The summed E-state index contributed by atoms with van der Waals surface area (Å²) in [5, 5.41) is 0.587. The minimum Gasteiger partial charge on any atom is -0.497 e. The van der Waals surface area contributed by atoms with Crippen molar-refractivity contribution in [2.45, 2.75) is 23.0 Å². The molecule has 0 atom stereocenters. The molecule has 5 rings (SSSR count). The molecule has 2 aromatic carbocycles. The molecule has 3 aliphatic heterocycles. The molecular weight excluding hydrogens is 482 g/mol. The Morgan fingerprint density at radius 3 is 2.87 bits per heavy atom. The van der Waals surface area contributed by atoms with Crippen LogP contribution in [0.2, 0.25) is 0 Å². The van der Waals surface area contributed by atoms with E-state index in [9.17, 15) is 0 Å². The number of halogens is 1. The van der Waals surface area contributed by atoms with Crippen LogP contribution in [-0.4, -0.2) is 33.4 Å². The molecule has 2 N–H and O–H groups in total. The van der Waals surface area contributed by atoms with Gasteiger partial charge in [-0.1, -0.05) is 12.1 Å². The van der Waals surface area contributed by atoms with Gasteiger partial charge >= 0.3 is 0 Å². The topological polar surface area (TPSA) is 97.3 Å². The van der Waals surface area contributed by atoms with Crippen molar-refractivity contribution in [3.05, 3.63) is 52.8 Å². The Bertz CT molecular complexity index is 1230. The maximum absolute atomic E-state index is 6.08. The monoisotopic (exact) mass is 499 g/mol. The summed E-state index contributed by atoms with van der Waals surface area (Å²) in [4.78, 5) is 14.6. The predicted molar refractivity (Wildman–Crippen MR) is 120 cm³/mol. The maximum atomic E-state index is 6.08. The Balaban J connectivity index is 1.41. The zero-order chi connectivity index (χ0) is 21.4. The fourth-order valence-corrected chi connectivity index (χ4v) is 4.65. The first kappa shape index (κ1) is 20.0. The number of aromatic nitrogens is 4. The summed E-state index contributed by atoms with van der Waals surface area (Å²) in [5.74, 6) is 3.32. The van der Waals surface area contributed by atoms with Gasteiger partial charge in [0, 0.05) is 15.9 Å². The molecule has 0 aliphatic carbocycles. The number of aryl methyl sites for hydroxylation is 2. The third-order valence-corrected chi connectivity index (χ3v) is 6.72. The second-order valence-corrected chi connectivity index (χ2v) is 8.70. The summed E-state index contributed by atoms with van der Waals surface area (Å²) < 4.78 is 19.1. The lowest BCUT2D eigenvalue weighted by Gasteiger charge is -2.11. The van der Waals surface area contributed by atoms with Gasteiger partial charge in [-0.25, -0.2) is 15.0 Å². The Morgan fingerprint density at radius 2 is 2.03 bits per heavy atom. The quantitative estimate of drug-likeness (QED) is 0.420. The standard InChI is InChI=1S/C21H18BrN5O3S/c1-28-13-4-2-3-12(7-13)5-6-27-10-24-19(23)18-20(27)26-21(25-18)31-17-9-16-15(8-14(17)22)29-11-30-16/h2-4,7-10H,5-6,11,23H2,1H3. The SMILES string of the molecule is COc1cccc(CCn2cnc(N)c3nc(Sc4cc5c(cc4Br)OCO5)nc2-3)c1. The highest BCUT2D eigenvalue weighted by atomic mass is 79.9. The van der Waals surface area contributed by atoms with Crippen molar-refractivity contribution in [1.82, 2.24) is 19.5 Å². The highest BCUT2D eigenvalue weighted by Gasteiger charge is 2.22. The van der Waals surface area contributed by atoms with Gasteiger partial charge < -0.3 is 24.5 Å². The average molecular weight is 500 g/mol. The van der Waals surface area contributed by atoms with E-state index in [0.717, 1.165) is 27.1 Å². The first-order valence-corrected chi connectivity index (χ1v) is 11.1. The first-order chi connectivity index (χ1) is 15.1. The van der Waals surface area contributed by atoms with Crippen molar-refractivity contribution < 1.29 is 14.2 Å². The van der Waals surface area contributed by atoms with Crippen molar-refractivity contribution in [3.8, 4) is 28.8 Å². The lowest BCUT2D eigenvalue weighted by molar-refractivity contribution is 0.174. The summed E-state index contributed by atoms with van der Waals surface area (Å²) >= 11 is 5.00. The third-order valence-electron chi connectivity index (χ3n) is 4.88. The van der Waals surface area contributed by atoms with E-state index in [-0.39, 0.29) is 6.79 Å². The zero-order valence-corrected chi connectivity index (χ0v) is 18.9. The minimum absolute atomic E-state index is 0.224. The second kappa shape index (κ2) is 8.27. The van der Waals surface area contributed by atoms with E-state index in [2.05, 4.69) is 32.0 Å². The molecule has 2 aromatic rings. The molecule has 0 fully saturated rings. The van der Waals surface area contributed by atoms with Crippen molar-refractivity contribution in [3.63, 3.8) is 0 Å². The number of methoxy groups -OCH3 is 1. The average Bonchev–Trinajstić information content (AvgIpc) is 3.41. The van der Waals surface area contributed by atoms with Gasteiger partial charge in [0.15, 0.2) is 34.0 Å². The molecule has 0 aromatic heterocycles. The molecule has 0 saturated carbocycles. The van der Waals surface area contributed by atoms with Crippen LogP contribution in [0.4, 0.5) is 5.82 Å². The number of nitrogen functional groups attached to an aromatic ring is 1. The second-order valence-electron chi connectivity index (χ2n) is 6.84. The molecule has 158 valence electrons. The molecule has 0 saturated heterocycles. The maximum Gasteiger partial charge on any atom is 0.231 e. The van der Waals surface area contributed by atoms with Crippen LogP contribution in [-0.2, 0) is 13.0 Å². The van der Waals surface area contributed by atoms with E-state index < -0.39 is 0 Å². The number of hydrogen-bond donors (Lipinski definition) is 1. The van der Waals surface area contributed by atoms with E-state index in [4.69, 9.17) is 24.9 Å². The number of benzene rings is 2. The molecule has 3 heterocycles. The van der Waals surface area contributed by atoms with Gasteiger partial charge in [0.05, 0.1) is 13.4 Å². The summed E-state index contributed by atoms with van der Waals surface area (Å²) in [6.07, 6.45) is 2.50. The molecule has 0 radical (unpaired) electrons. The number of nitrogens with zero attached hydrogens (tertiary/aromatic N) is 4. The van der Waals surface area contributed by atoms with Crippen LogP contribution >= 0.6 is 27.7 Å². The summed E-state index contributed by atoms with van der Waals surface area (Å²) in [6.45, 7) is 0.912. The number of fused-ring (bicyclic) bond motifs is 2. The van der Waals surface area contributed by atoms with Crippen molar-refractivity contribution in [1.29, 1.82) is 0 Å². The van der Waals surface area contributed by atoms with Gasteiger partial charge in [-0.05, 0) is 63.9 Å². The molecule has 10 heteroatoms. The Labute approximate surface area is 191 Å². The van der Waals surface area contributed by atoms with Gasteiger partial charge in [0.2, 0.25) is 6.79 Å². The molecular formula is C21H18BrN5O3S. The number of rotatable bonds is 6. The van der Waals surface area contributed by atoms with E-state index in [1.165, 1.54) is 11.8 Å². The minimum atomic E-state index is 0.224. The van der Waals surface area contributed by atoms with Crippen LogP contribution in [0, 0.1) is 0 Å². The highest BCUT2D eigenvalue weighted by molar-refractivity contribution is 9.10. The Kier molecular flexibility index (Phi) is 5.33. The molecule has 0 spiro atoms. The van der Waals surface area contributed by atoms with Crippen LogP contribution in [0.15, 0.2) is 57.3 Å². The molecule has 3 aliphatic rings. The van der Waals surface area contributed by atoms with Gasteiger partial charge in [-0.2, -0.15) is 0 Å². The summed E-state index contributed by atoms with van der Waals surface area (Å²) in [5.41, 5.74) is 7.83. The third kappa shape index (κ3) is 4.00. The number of ether oxygens (including phenoxy) is 3. The lowest BCUT2D eigenvalue weighted by atomic mass is 10.1. The molecule has 0 unspecified atom stereocenters. The Morgan fingerprint density at radius 1 is 1.19 bits per heavy atom. The van der Waals surface area contributed by atoms with Gasteiger partial charge in [-0.3, -0.25) is 0 Å². The van der Waals surface area contributed by atoms with Crippen LogP contribution in [0.25, 0.3) is 11.5 Å². The smallest absolute Gasteiger partial charge is 0.231 e. The van der Waals surface area contributed by atoms with Crippen molar-refractivity contribution in [2.24, 2.45) is 0 Å². The number of hydrogen-bond acceptors (Lipinski definition) is 8. The fraction of sp³-hybridized carbons (Fsp3) is 0.190. The van der Waals surface area contributed by atoms with Crippen LogP contribution in [0.1, 0.15) is 5.56 Å². The van der Waals surface area contributed by atoms with E-state index in [1.807, 2.05) is 34.9 Å². The molecule has 0 amide bonds. The molecule has 0 bridgehead atoms. The highest BCUT2D eigenvalue weighted by Crippen LogP contribution is 2.43. The first-order valence-electron chi connectivity index (χ1n) is 9.49. The van der Waals surface area contributed by atoms with E-state index in [1.54, 1.807) is 13.4 Å². The molecule has 31 heavy (non-hydrogen) atoms. The van der Waals surface area contributed by atoms with E-state index >= 15 is 0 Å². The van der Waals surface area contributed by atoms with Crippen molar-refractivity contribution >= 4 is 33.5 Å². The number of anilines is 1. The Hall–Kier alpha value is -2.98. The molecule has 8 nitrogen and oxygen atoms in total.